The van der Waals surface area contributed by atoms with Gasteiger partial charge in [0.05, 0.1) is 25.4 Å². The highest BCUT2D eigenvalue weighted by Crippen LogP contribution is 2.23. The second-order valence-corrected chi connectivity index (χ2v) is 19.3. The molecule has 1 saturated heterocycles. The van der Waals surface area contributed by atoms with Gasteiger partial charge >= 0.3 is 0 Å². The van der Waals surface area contributed by atoms with Gasteiger partial charge in [-0.1, -0.05) is 198 Å². The molecule has 388 valence electrons. The first-order valence-electron chi connectivity index (χ1n) is 27.4. The predicted molar refractivity (Wildman–Crippen MR) is 270 cm³/mol. The van der Waals surface area contributed by atoms with Crippen molar-refractivity contribution in [1.29, 1.82) is 0 Å². The maximum Gasteiger partial charge on any atom is 0.249 e. The Kier molecular flexibility index (Phi) is 42.1. The highest BCUT2D eigenvalue weighted by Gasteiger charge is 2.44. The smallest absolute Gasteiger partial charge is 0.249 e. The van der Waals surface area contributed by atoms with E-state index in [0.717, 1.165) is 51.4 Å². The van der Waals surface area contributed by atoms with Crippen LogP contribution in [-0.2, 0) is 14.3 Å². The molecule has 0 aromatic rings. The van der Waals surface area contributed by atoms with Gasteiger partial charge in [0, 0.05) is 0 Å². The molecule has 8 N–H and O–H groups in total. The first kappa shape index (κ1) is 62.3. The van der Waals surface area contributed by atoms with Gasteiger partial charge in [-0.2, -0.15) is 0 Å². The van der Waals surface area contributed by atoms with Gasteiger partial charge in [0.2, 0.25) is 5.91 Å². The fourth-order valence-electron chi connectivity index (χ4n) is 8.63. The van der Waals surface area contributed by atoms with Crippen LogP contribution < -0.4 is 5.32 Å². The zero-order valence-corrected chi connectivity index (χ0v) is 42.2. The average Bonchev–Trinajstić information content (AvgIpc) is 3.32. The lowest BCUT2D eigenvalue weighted by molar-refractivity contribution is -0.303. The first-order valence-corrected chi connectivity index (χ1v) is 27.4. The molecular formula is C55H103NO10. The second kappa shape index (κ2) is 44.5. The lowest BCUT2D eigenvalue weighted by atomic mass is 9.98. The number of hydrogen-bond acceptors (Lipinski definition) is 10. The quantitative estimate of drug-likeness (QED) is 0.0215. The van der Waals surface area contributed by atoms with Crippen LogP contribution in [0.15, 0.2) is 36.5 Å². The molecule has 0 aliphatic carbocycles. The van der Waals surface area contributed by atoms with Crippen molar-refractivity contribution >= 4 is 5.91 Å². The summed E-state index contributed by atoms with van der Waals surface area (Å²) in [5, 5.41) is 75.9. The first-order chi connectivity index (χ1) is 32.2. The van der Waals surface area contributed by atoms with Crippen molar-refractivity contribution in [3.63, 3.8) is 0 Å². The molecule has 0 saturated carbocycles. The van der Waals surface area contributed by atoms with Crippen LogP contribution in [0.25, 0.3) is 0 Å². The normalized spacial score (nSPS) is 21.0. The number of aliphatic hydroxyl groups excluding tert-OH is 7. The zero-order chi connectivity index (χ0) is 48.3. The molecule has 11 nitrogen and oxygen atoms in total. The highest BCUT2D eigenvalue weighted by atomic mass is 16.7. The molecule has 0 spiro atoms. The zero-order valence-electron chi connectivity index (χ0n) is 42.2. The molecule has 1 rings (SSSR count). The predicted octanol–water partition coefficient (Wildman–Crippen LogP) is 10.7. The highest BCUT2D eigenvalue weighted by molar-refractivity contribution is 5.80. The lowest BCUT2D eigenvalue weighted by Crippen LogP contribution is -2.60. The number of aliphatic hydroxyl groups is 7. The van der Waals surface area contributed by atoms with Crippen molar-refractivity contribution in [2.24, 2.45) is 0 Å². The number of rotatable bonds is 46. The molecule has 1 fully saturated rings. The summed E-state index contributed by atoms with van der Waals surface area (Å²) < 4.78 is 11.1. The summed E-state index contributed by atoms with van der Waals surface area (Å²) in [6, 6.07) is -1.20. The molecule has 0 aromatic carbocycles. The van der Waals surface area contributed by atoms with Crippen molar-refractivity contribution in [2.45, 2.75) is 294 Å². The Hall–Kier alpha value is -1.67. The van der Waals surface area contributed by atoms with Crippen molar-refractivity contribution in [1.82, 2.24) is 5.32 Å². The topological polar surface area (TPSA) is 189 Å². The van der Waals surface area contributed by atoms with E-state index in [2.05, 4.69) is 55.6 Å². The van der Waals surface area contributed by atoms with E-state index in [4.69, 9.17) is 9.47 Å². The molecule has 0 aromatic heterocycles. The largest absolute Gasteiger partial charge is 0.394 e. The molecule has 1 aliphatic rings. The van der Waals surface area contributed by atoms with Crippen LogP contribution >= 0.6 is 0 Å². The summed E-state index contributed by atoms with van der Waals surface area (Å²) in [5.41, 5.74) is 0. The van der Waals surface area contributed by atoms with Gasteiger partial charge in [-0.05, 0) is 77.0 Å². The number of amides is 1. The molecule has 9 unspecified atom stereocenters. The van der Waals surface area contributed by atoms with Crippen LogP contribution in [0.5, 0.6) is 0 Å². The van der Waals surface area contributed by atoms with Gasteiger partial charge in [0.1, 0.15) is 36.6 Å². The third kappa shape index (κ3) is 33.0. The molecule has 66 heavy (non-hydrogen) atoms. The van der Waals surface area contributed by atoms with Crippen molar-refractivity contribution in [3.05, 3.63) is 36.5 Å². The van der Waals surface area contributed by atoms with Crippen LogP contribution in [-0.4, -0.2) is 110 Å². The maximum absolute atomic E-state index is 13.1. The van der Waals surface area contributed by atoms with Crippen molar-refractivity contribution < 1.29 is 50.0 Å². The van der Waals surface area contributed by atoms with E-state index in [0.29, 0.717) is 19.3 Å². The fraction of sp³-hybridized carbons (Fsp3) is 0.873. The van der Waals surface area contributed by atoms with Crippen LogP contribution in [0.1, 0.15) is 239 Å². The number of carbonyl (C=O) groups excluding carboxylic acids is 1. The van der Waals surface area contributed by atoms with Crippen LogP contribution in [0.4, 0.5) is 0 Å². The third-order valence-electron chi connectivity index (χ3n) is 13.1. The summed E-state index contributed by atoms with van der Waals surface area (Å²) in [6.45, 7) is 3.44. The summed E-state index contributed by atoms with van der Waals surface area (Å²) in [7, 11) is 0. The van der Waals surface area contributed by atoms with Gasteiger partial charge in [0.25, 0.3) is 0 Å². The molecule has 1 aliphatic heterocycles. The Morgan fingerprint density at radius 3 is 1.35 bits per heavy atom. The van der Waals surface area contributed by atoms with E-state index in [1.807, 2.05) is 0 Å². The molecule has 11 heteroatoms. The minimum absolute atomic E-state index is 0.237. The summed E-state index contributed by atoms with van der Waals surface area (Å²) in [6.07, 6.45) is 42.0. The number of ether oxygens (including phenoxy) is 2. The number of unbranched alkanes of at least 4 members (excludes halogenated alkanes) is 28. The Labute approximate surface area is 403 Å². The second-order valence-electron chi connectivity index (χ2n) is 19.3. The van der Waals surface area contributed by atoms with E-state index < -0.39 is 74.2 Å². The number of nitrogens with one attached hydrogen (secondary N) is 1. The van der Waals surface area contributed by atoms with Gasteiger partial charge in [-0.15, -0.1) is 0 Å². The SMILES string of the molecule is CCCCCCCCCCC/C=C\CCCCCCC(O)C(=O)NC(COC1OC(CO)C(O)C(O)C1O)C(O)C(O)CCC/C=C/CC/C=C/CCCCCCCCCCCCCCC. The van der Waals surface area contributed by atoms with E-state index >= 15 is 0 Å². The molecule has 9 atom stereocenters. The van der Waals surface area contributed by atoms with E-state index in [9.17, 15) is 40.5 Å². The monoisotopic (exact) mass is 938 g/mol. The number of carbonyl (C=O) groups is 1. The van der Waals surface area contributed by atoms with Gasteiger partial charge in [-0.25, -0.2) is 0 Å². The van der Waals surface area contributed by atoms with Gasteiger partial charge in [-0.3, -0.25) is 4.79 Å². The standard InChI is InChI=1S/C55H103NO10/c1-3-5-7-9-11-13-15-17-19-21-22-23-24-25-27-28-30-32-34-36-38-40-42-47(58)50(60)46(45-65-55-53(63)52(62)51(61)49(44-57)66-55)56-54(64)48(59)43-41-39-37-35-33-31-29-26-20-18-16-14-12-10-8-6-4-2/h27-29,31,34,36,46-53,55,57-63H,3-26,30,32-33,35,37-45H2,1-2H3,(H,56,64)/b28-27+,31-29-,36-34+. The van der Waals surface area contributed by atoms with Crippen LogP contribution in [0, 0.1) is 0 Å². The molecule has 0 bridgehead atoms. The Morgan fingerprint density at radius 2 is 0.909 bits per heavy atom. The van der Waals surface area contributed by atoms with Crippen LogP contribution in [0.2, 0.25) is 0 Å². The maximum atomic E-state index is 13.1. The minimum atomic E-state index is -1.67. The van der Waals surface area contributed by atoms with Crippen molar-refractivity contribution in [2.75, 3.05) is 13.2 Å². The molecular weight excluding hydrogens is 835 g/mol. The summed E-state index contributed by atoms with van der Waals surface area (Å²) >= 11 is 0. The molecule has 1 heterocycles. The van der Waals surface area contributed by atoms with Crippen LogP contribution in [0.3, 0.4) is 0 Å². The Balaban J connectivity index is 2.40. The molecule has 0 radical (unpaired) electrons. The van der Waals surface area contributed by atoms with Crippen molar-refractivity contribution in [3.8, 4) is 0 Å². The number of hydrogen-bond donors (Lipinski definition) is 8. The minimum Gasteiger partial charge on any atom is -0.394 e. The lowest BCUT2D eigenvalue weighted by Gasteiger charge is -2.40. The third-order valence-corrected chi connectivity index (χ3v) is 13.1. The summed E-state index contributed by atoms with van der Waals surface area (Å²) in [5.74, 6) is -0.718. The molecule has 1 amide bonds. The summed E-state index contributed by atoms with van der Waals surface area (Å²) in [4.78, 5) is 13.1. The van der Waals surface area contributed by atoms with E-state index in [1.165, 1.54) is 141 Å². The van der Waals surface area contributed by atoms with E-state index in [-0.39, 0.29) is 12.8 Å². The average molecular weight is 938 g/mol. The fourth-order valence-corrected chi connectivity index (χ4v) is 8.63. The Morgan fingerprint density at radius 1 is 0.515 bits per heavy atom. The van der Waals surface area contributed by atoms with Gasteiger partial charge in [0.15, 0.2) is 6.29 Å². The van der Waals surface area contributed by atoms with E-state index in [1.54, 1.807) is 0 Å². The Bertz CT molecular complexity index is 1170. The number of allylic oxidation sites excluding steroid dienone is 6. The van der Waals surface area contributed by atoms with Gasteiger partial charge < -0.3 is 50.5 Å².